The van der Waals surface area contributed by atoms with Gasteiger partial charge < -0.3 is 15.0 Å². The molecular weight excluding hydrogens is 308 g/mol. The van der Waals surface area contributed by atoms with Crippen molar-refractivity contribution in [2.45, 2.75) is 6.54 Å². The van der Waals surface area contributed by atoms with Crippen LogP contribution in [0.4, 0.5) is 0 Å². The Labute approximate surface area is 121 Å². The first-order chi connectivity index (χ1) is 9.20. The molecule has 1 saturated heterocycles. The maximum atomic E-state index is 11.8. The molecule has 102 valence electrons. The van der Waals surface area contributed by atoms with E-state index < -0.39 is 0 Å². The minimum absolute atomic E-state index is 0.135. The van der Waals surface area contributed by atoms with Crippen molar-refractivity contribution >= 4 is 21.8 Å². The van der Waals surface area contributed by atoms with Gasteiger partial charge in [-0.1, -0.05) is 28.6 Å². The van der Waals surface area contributed by atoms with Crippen LogP contribution in [0.5, 0.6) is 5.75 Å². The van der Waals surface area contributed by atoms with Gasteiger partial charge in [-0.05, 0) is 23.8 Å². The number of rotatable bonds is 5. The molecule has 0 spiro atoms. The van der Waals surface area contributed by atoms with Gasteiger partial charge in [-0.25, -0.2) is 0 Å². The summed E-state index contributed by atoms with van der Waals surface area (Å²) >= 11 is 3.52. The second-order valence-corrected chi connectivity index (χ2v) is 5.20. The standard InChI is InChI=1S/C14H17BrN2O2/c1-2-7-19-12-3-4-13(15)11(8-12)10-17-6-5-16-9-14(17)18/h2-4,8,16H,1,5-7,9-10H2. The number of piperazine rings is 1. The highest BCUT2D eigenvalue weighted by molar-refractivity contribution is 9.10. The lowest BCUT2D eigenvalue weighted by molar-refractivity contribution is -0.132. The minimum Gasteiger partial charge on any atom is -0.490 e. The van der Waals surface area contributed by atoms with Crippen LogP contribution in [-0.2, 0) is 11.3 Å². The Bertz CT molecular complexity index is 477. The van der Waals surface area contributed by atoms with Gasteiger partial charge in [-0.2, -0.15) is 0 Å². The summed E-state index contributed by atoms with van der Waals surface area (Å²) in [4.78, 5) is 13.6. The lowest BCUT2D eigenvalue weighted by atomic mass is 10.2. The number of ether oxygens (including phenoxy) is 1. The fourth-order valence-corrected chi connectivity index (χ4v) is 2.31. The van der Waals surface area contributed by atoms with Gasteiger partial charge in [0.05, 0.1) is 6.54 Å². The Kier molecular flexibility index (Phi) is 4.99. The molecule has 1 fully saturated rings. The van der Waals surface area contributed by atoms with E-state index in [1.54, 1.807) is 6.08 Å². The third kappa shape index (κ3) is 3.81. The molecule has 1 N–H and O–H groups in total. The Morgan fingerprint density at radius 1 is 1.53 bits per heavy atom. The van der Waals surface area contributed by atoms with Crippen molar-refractivity contribution in [3.8, 4) is 5.75 Å². The summed E-state index contributed by atoms with van der Waals surface area (Å²) in [5.74, 6) is 0.927. The predicted molar refractivity (Wildman–Crippen MR) is 78.1 cm³/mol. The van der Waals surface area contributed by atoms with E-state index in [0.29, 0.717) is 19.7 Å². The van der Waals surface area contributed by atoms with Crippen molar-refractivity contribution < 1.29 is 9.53 Å². The van der Waals surface area contributed by atoms with Crippen LogP contribution in [0.15, 0.2) is 35.3 Å². The van der Waals surface area contributed by atoms with Crippen molar-refractivity contribution in [2.24, 2.45) is 0 Å². The number of halogens is 1. The average molecular weight is 325 g/mol. The molecule has 0 aromatic heterocycles. The fourth-order valence-electron chi connectivity index (χ4n) is 1.94. The van der Waals surface area contributed by atoms with Gasteiger partial charge in [0.2, 0.25) is 5.91 Å². The summed E-state index contributed by atoms with van der Waals surface area (Å²) in [7, 11) is 0. The van der Waals surface area contributed by atoms with Crippen molar-refractivity contribution in [1.82, 2.24) is 10.2 Å². The summed E-state index contributed by atoms with van der Waals surface area (Å²) in [6.45, 7) is 6.71. The zero-order chi connectivity index (χ0) is 13.7. The Hall–Kier alpha value is -1.33. The van der Waals surface area contributed by atoms with E-state index >= 15 is 0 Å². The smallest absolute Gasteiger partial charge is 0.236 e. The van der Waals surface area contributed by atoms with Gasteiger partial charge in [0.1, 0.15) is 12.4 Å². The van der Waals surface area contributed by atoms with Crippen LogP contribution >= 0.6 is 15.9 Å². The zero-order valence-electron chi connectivity index (χ0n) is 10.7. The fraction of sp³-hybridized carbons (Fsp3) is 0.357. The molecule has 0 radical (unpaired) electrons. The highest BCUT2D eigenvalue weighted by atomic mass is 79.9. The largest absolute Gasteiger partial charge is 0.490 e. The highest BCUT2D eigenvalue weighted by Crippen LogP contribution is 2.24. The summed E-state index contributed by atoms with van der Waals surface area (Å²) in [5.41, 5.74) is 1.05. The first kappa shape index (κ1) is 14.1. The van der Waals surface area contributed by atoms with Crippen LogP contribution in [0.2, 0.25) is 0 Å². The van der Waals surface area contributed by atoms with E-state index in [-0.39, 0.29) is 5.91 Å². The number of amides is 1. The maximum absolute atomic E-state index is 11.8. The van der Waals surface area contributed by atoms with Crippen molar-refractivity contribution in [3.63, 3.8) is 0 Å². The lowest BCUT2D eigenvalue weighted by Gasteiger charge is -2.27. The van der Waals surface area contributed by atoms with Crippen molar-refractivity contribution in [3.05, 3.63) is 40.9 Å². The summed E-state index contributed by atoms with van der Waals surface area (Å²) in [6, 6.07) is 5.81. The molecule has 1 aromatic carbocycles. The molecule has 19 heavy (non-hydrogen) atoms. The first-order valence-corrected chi connectivity index (χ1v) is 7.00. The number of carbonyl (C=O) groups is 1. The van der Waals surface area contributed by atoms with Crippen LogP contribution in [0.1, 0.15) is 5.56 Å². The predicted octanol–water partition coefficient (Wildman–Crippen LogP) is 1.95. The first-order valence-electron chi connectivity index (χ1n) is 6.21. The second kappa shape index (κ2) is 6.73. The summed E-state index contributed by atoms with van der Waals surface area (Å²) in [5, 5.41) is 3.07. The number of nitrogens with one attached hydrogen (secondary N) is 1. The van der Waals surface area contributed by atoms with Gasteiger partial charge in [0.25, 0.3) is 0 Å². The number of hydrogen-bond acceptors (Lipinski definition) is 3. The molecule has 1 heterocycles. The van der Waals surface area contributed by atoms with Gasteiger partial charge in [-0.15, -0.1) is 0 Å². The third-order valence-electron chi connectivity index (χ3n) is 2.93. The van der Waals surface area contributed by atoms with Gasteiger partial charge in [0, 0.05) is 24.1 Å². The van der Waals surface area contributed by atoms with Gasteiger partial charge in [0.15, 0.2) is 0 Å². The summed E-state index contributed by atoms with van der Waals surface area (Å²) < 4.78 is 6.50. The van der Waals surface area contributed by atoms with E-state index in [4.69, 9.17) is 4.74 Å². The molecule has 5 heteroatoms. The van der Waals surface area contributed by atoms with Crippen molar-refractivity contribution in [2.75, 3.05) is 26.2 Å². The topological polar surface area (TPSA) is 41.6 Å². The SMILES string of the molecule is C=CCOc1ccc(Br)c(CN2CCNCC2=O)c1. The third-order valence-corrected chi connectivity index (χ3v) is 3.71. The van der Waals surface area contributed by atoms with E-state index in [9.17, 15) is 4.79 Å². The normalized spacial score (nSPS) is 15.4. The van der Waals surface area contributed by atoms with Crippen LogP contribution in [0.3, 0.4) is 0 Å². The average Bonchev–Trinajstić information content (AvgIpc) is 2.42. The molecule has 2 rings (SSSR count). The number of nitrogens with zero attached hydrogens (tertiary/aromatic N) is 1. The van der Waals surface area contributed by atoms with Gasteiger partial charge in [-0.3, -0.25) is 4.79 Å². The summed E-state index contributed by atoms with van der Waals surface area (Å²) in [6.07, 6.45) is 1.71. The Morgan fingerprint density at radius 2 is 2.37 bits per heavy atom. The van der Waals surface area contributed by atoms with Gasteiger partial charge >= 0.3 is 0 Å². The van der Waals surface area contributed by atoms with Crippen LogP contribution in [-0.4, -0.2) is 37.0 Å². The number of benzene rings is 1. The maximum Gasteiger partial charge on any atom is 0.236 e. The molecule has 0 bridgehead atoms. The van der Waals surface area contributed by atoms with Crippen LogP contribution in [0, 0.1) is 0 Å². The van der Waals surface area contributed by atoms with E-state index in [2.05, 4.69) is 27.8 Å². The number of hydrogen-bond donors (Lipinski definition) is 1. The number of carbonyl (C=O) groups excluding carboxylic acids is 1. The molecule has 0 aliphatic carbocycles. The van der Waals surface area contributed by atoms with E-state index in [0.717, 1.165) is 28.9 Å². The molecule has 4 nitrogen and oxygen atoms in total. The van der Waals surface area contributed by atoms with Crippen LogP contribution in [0.25, 0.3) is 0 Å². The molecule has 1 aromatic rings. The molecule has 1 aliphatic rings. The molecule has 0 unspecified atom stereocenters. The lowest BCUT2D eigenvalue weighted by Crippen LogP contribution is -2.47. The molecule has 1 amide bonds. The molecule has 0 saturated carbocycles. The highest BCUT2D eigenvalue weighted by Gasteiger charge is 2.18. The Balaban J connectivity index is 2.09. The Morgan fingerprint density at radius 3 is 3.11 bits per heavy atom. The molecule has 1 aliphatic heterocycles. The van der Waals surface area contributed by atoms with E-state index in [1.807, 2.05) is 23.1 Å². The zero-order valence-corrected chi connectivity index (χ0v) is 12.3. The van der Waals surface area contributed by atoms with Crippen LogP contribution < -0.4 is 10.1 Å². The monoisotopic (exact) mass is 324 g/mol. The molecule has 0 atom stereocenters. The quantitative estimate of drug-likeness (QED) is 0.842. The van der Waals surface area contributed by atoms with E-state index in [1.165, 1.54) is 0 Å². The second-order valence-electron chi connectivity index (χ2n) is 4.34. The van der Waals surface area contributed by atoms with Crippen molar-refractivity contribution in [1.29, 1.82) is 0 Å². The molecular formula is C14H17BrN2O2. The minimum atomic E-state index is 0.135.